The molecule has 0 radical (unpaired) electrons. The molecule has 9 heavy (non-hydrogen) atoms. The highest BCUT2D eigenvalue weighted by Crippen LogP contribution is 1.95. The molecule has 0 heterocycles. The summed E-state index contributed by atoms with van der Waals surface area (Å²) in [4.78, 5) is 0. The summed E-state index contributed by atoms with van der Waals surface area (Å²) in [6.07, 6.45) is 3.66. The van der Waals surface area contributed by atoms with Crippen LogP contribution in [0.1, 0.15) is 6.92 Å². The fourth-order valence-electron chi connectivity index (χ4n) is 0.612. The Bertz CT molecular complexity index is 79.0. The maximum absolute atomic E-state index is 8.36. The topological polar surface area (TPSA) is 29.5 Å². The highest BCUT2D eigenvalue weighted by atomic mass is 16.5. The first-order valence-electron chi connectivity index (χ1n) is 3.07. The molecule has 2 heteroatoms. The molecule has 54 valence electrons. The van der Waals surface area contributed by atoms with Crippen molar-refractivity contribution in [1.82, 2.24) is 0 Å². The zero-order valence-corrected chi connectivity index (χ0v) is 6.00. The summed E-state index contributed by atoms with van der Waals surface area (Å²) in [5.74, 6) is 0.405. The minimum absolute atomic E-state index is 0.119. The van der Waals surface area contributed by atoms with E-state index in [2.05, 4.69) is 0 Å². The minimum Gasteiger partial charge on any atom is -0.392 e. The van der Waals surface area contributed by atoms with Crippen LogP contribution in [0.15, 0.2) is 12.2 Å². The van der Waals surface area contributed by atoms with Gasteiger partial charge in [-0.15, -0.1) is 0 Å². The summed E-state index contributed by atoms with van der Waals surface area (Å²) in [6.45, 7) is 2.88. The average Bonchev–Trinajstić information content (AvgIpc) is 1.85. The Hall–Kier alpha value is -0.340. The van der Waals surface area contributed by atoms with Gasteiger partial charge in [-0.3, -0.25) is 0 Å². The van der Waals surface area contributed by atoms with Gasteiger partial charge in [-0.05, 0) is 5.92 Å². The van der Waals surface area contributed by atoms with Gasteiger partial charge in [0.25, 0.3) is 0 Å². The van der Waals surface area contributed by atoms with Crippen molar-refractivity contribution in [2.75, 3.05) is 20.3 Å². The monoisotopic (exact) mass is 130 g/mol. The number of aliphatic hydroxyl groups is 1. The van der Waals surface area contributed by atoms with E-state index < -0.39 is 0 Å². The van der Waals surface area contributed by atoms with Crippen molar-refractivity contribution in [2.24, 2.45) is 5.92 Å². The molecule has 0 bridgehead atoms. The Balaban J connectivity index is 3.25. The van der Waals surface area contributed by atoms with Crippen LogP contribution in [0.4, 0.5) is 0 Å². The van der Waals surface area contributed by atoms with Gasteiger partial charge in [-0.2, -0.15) is 0 Å². The number of aliphatic hydroxyl groups excluding tert-OH is 1. The second-order valence-electron chi connectivity index (χ2n) is 2.04. The predicted molar refractivity (Wildman–Crippen MR) is 37.3 cm³/mol. The average molecular weight is 130 g/mol. The first kappa shape index (κ1) is 8.66. The lowest BCUT2D eigenvalue weighted by Gasteiger charge is -2.01. The normalized spacial score (nSPS) is 14.6. The number of hydrogen-bond donors (Lipinski definition) is 1. The quantitative estimate of drug-likeness (QED) is 0.571. The van der Waals surface area contributed by atoms with Gasteiger partial charge in [0, 0.05) is 7.11 Å². The van der Waals surface area contributed by atoms with Crippen molar-refractivity contribution >= 4 is 0 Å². The second-order valence-corrected chi connectivity index (χ2v) is 2.04. The van der Waals surface area contributed by atoms with Crippen LogP contribution in [0.2, 0.25) is 0 Å². The van der Waals surface area contributed by atoms with E-state index in [1.54, 1.807) is 13.2 Å². The van der Waals surface area contributed by atoms with Gasteiger partial charge in [0.2, 0.25) is 0 Å². The molecular formula is C7H14O2. The maximum Gasteiger partial charge on any atom is 0.0612 e. The number of rotatable bonds is 4. The summed E-state index contributed by atoms with van der Waals surface area (Å²) in [6, 6.07) is 0. The zero-order chi connectivity index (χ0) is 7.11. The van der Waals surface area contributed by atoms with Gasteiger partial charge in [-0.25, -0.2) is 0 Å². The van der Waals surface area contributed by atoms with Crippen LogP contribution in [0.5, 0.6) is 0 Å². The summed E-state index contributed by atoms with van der Waals surface area (Å²) >= 11 is 0. The Morgan fingerprint density at radius 1 is 1.67 bits per heavy atom. The Labute approximate surface area is 56.1 Å². The van der Waals surface area contributed by atoms with E-state index in [0.29, 0.717) is 5.92 Å². The van der Waals surface area contributed by atoms with Crippen LogP contribution >= 0.6 is 0 Å². The molecule has 0 amide bonds. The van der Waals surface area contributed by atoms with E-state index in [1.807, 2.05) is 13.0 Å². The molecule has 0 spiro atoms. The fourth-order valence-corrected chi connectivity index (χ4v) is 0.612. The summed E-state index contributed by atoms with van der Waals surface area (Å²) in [7, 11) is 1.67. The fraction of sp³-hybridized carbons (Fsp3) is 0.714. The van der Waals surface area contributed by atoms with Gasteiger partial charge in [0.05, 0.1) is 13.2 Å². The minimum atomic E-state index is 0.119. The van der Waals surface area contributed by atoms with E-state index in [0.717, 1.165) is 6.61 Å². The van der Waals surface area contributed by atoms with Crippen molar-refractivity contribution in [2.45, 2.75) is 6.92 Å². The van der Waals surface area contributed by atoms with Crippen LogP contribution in [-0.2, 0) is 4.74 Å². The number of methoxy groups -OCH3 is 1. The molecule has 1 unspecified atom stereocenters. The molecule has 0 aliphatic carbocycles. The number of ether oxygens (including phenoxy) is 1. The second kappa shape index (κ2) is 5.79. The lowest BCUT2D eigenvalue weighted by molar-refractivity contribution is 0.176. The Morgan fingerprint density at radius 3 is 2.78 bits per heavy atom. The van der Waals surface area contributed by atoms with Crippen molar-refractivity contribution in [3.05, 3.63) is 12.2 Å². The molecule has 2 nitrogen and oxygen atoms in total. The third-order valence-electron chi connectivity index (χ3n) is 1.000. The van der Waals surface area contributed by atoms with Gasteiger partial charge < -0.3 is 9.84 Å². The molecule has 0 saturated carbocycles. The summed E-state index contributed by atoms with van der Waals surface area (Å²) in [5, 5.41) is 8.36. The SMILES string of the molecule is COCC(C)/C=C/CO. The molecule has 0 aliphatic heterocycles. The molecule has 0 aromatic rings. The summed E-state index contributed by atoms with van der Waals surface area (Å²) in [5.41, 5.74) is 0. The number of hydrogen-bond acceptors (Lipinski definition) is 2. The Morgan fingerprint density at radius 2 is 2.33 bits per heavy atom. The molecule has 0 rings (SSSR count). The highest BCUT2D eigenvalue weighted by molar-refractivity contribution is 4.85. The van der Waals surface area contributed by atoms with Crippen molar-refractivity contribution in [3.63, 3.8) is 0 Å². The van der Waals surface area contributed by atoms with Gasteiger partial charge in [-0.1, -0.05) is 19.1 Å². The van der Waals surface area contributed by atoms with E-state index in [4.69, 9.17) is 9.84 Å². The molecule has 0 saturated heterocycles. The molecule has 0 aromatic heterocycles. The zero-order valence-electron chi connectivity index (χ0n) is 6.00. The predicted octanol–water partition coefficient (Wildman–Crippen LogP) is 0.817. The van der Waals surface area contributed by atoms with Gasteiger partial charge in [0.15, 0.2) is 0 Å². The third-order valence-corrected chi connectivity index (χ3v) is 1.000. The molecule has 0 fully saturated rings. The molecular weight excluding hydrogens is 116 g/mol. The largest absolute Gasteiger partial charge is 0.392 e. The van der Waals surface area contributed by atoms with E-state index in [1.165, 1.54) is 0 Å². The standard InChI is InChI=1S/C7H14O2/c1-7(6-9-2)4-3-5-8/h3-4,7-8H,5-6H2,1-2H3/b4-3+. The lowest BCUT2D eigenvalue weighted by Crippen LogP contribution is -1.99. The van der Waals surface area contributed by atoms with Crippen LogP contribution in [0, 0.1) is 5.92 Å². The highest BCUT2D eigenvalue weighted by Gasteiger charge is 1.91. The van der Waals surface area contributed by atoms with Gasteiger partial charge >= 0.3 is 0 Å². The van der Waals surface area contributed by atoms with Crippen molar-refractivity contribution in [3.8, 4) is 0 Å². The lowest BCUT2D eigenvalue weighted by atomic mass is 10.2. The maximum atomic E-state index is 8.36. The first-order chi connectivity index (χ1) is 4.31. The van der Waals surface area contributed by atoms with Crippen molar-refractivity contribution < 1.29 is 9.84 Å². The van der Waals surface area contributed by atoms with E-state index in [-0.39, 0.29) is 6.61 Å². The van der Waals surface area contributed by atoms with Crippen LogP contribution in [0.3, 0.4) is 0 Å². The van der Waals surface area contributed by atoms with Gasteiger partial charge in [0.1, 0.15) is 0 Å². The van der Waals surface area contributed by atoms with Crippen LogP contribution < -0.4 is 0 Å². The third kappa shape index (κ3) is 5.53. The van der Waals surface area contributed by atoms with E-state index >= 15 is 0 Å². The molecule has 1 atom stereocenters. The van der Waals surface area contributed by atoms with Crippen molar-refractivity contribution in [1.29, 1.82) is 0 Å². The van der Waals surface area contributed by atoms with E-state index in [9.17, 15) is 0 Å². The first-order valence-corrected chi connectivity index (χ1v) is 3.07. The summed E-state index contributed by atoms with van der Waals surface area (Å²) < 4.78 is 4.87. The molecule has 1 N–H and O–H groups in total. The van der Waals surface area contributed by atoms with Crippen LogP contribution in [0.25, 0.3) is 0 Å². The Kier molecular flexibility index (Phi) is 5.57. The smallest absolute Gasteiger partial charge is 0.0612 e. The molecule has 0 aromatic carbocycles. The van der Waals surface area contributed by atoms with Crippen LogP contribution in [-0.4, -0.2) is 25.4 Å². The molecule has 0 aliphatic rings.